The predicted molar refractivity (Wildman–Crippen MR) is 131 cm³/mol. The van der Waals surface area contributed by atoms with E-state index in [1.165, 1.54) is 9.88 Å². The third kappa shape index (κ3) is 7.27. The van der Waals surface area contributed by atoms with Crippen molar-refractivity contribution >= 4 is 57.6 Å². The highest BCUT2D eigenvalue weighted by atomic mass is 127. The van der Waals surface area contributed by atoms with Gasteiger partial charge in [-0.25, -0.2) is 0 Å². The SMILES string of the molecule is CCNC(=NCC(C)Cc1cccs1)NC1CCN(c2cccs2)CC1.I. The summed E-state index contributed by atoms with van der Waals surface area (Å²) in [6, 6.07) is 9.22. The highest BCUT2D eigenvalue weighted by molar-refractivity contribution is 14.0. The second kappa shape index (κ2) is 11.9. The zero-order valence-electron chi connectivity index (χ0n) is 16.2. The van der Waals surface area contributed by atoms with Crippen LogP contribution in [0.3, 0.4) is 0 Å². The summed E-state index contributed by atoms with van der Waals surface area (Å²) in [5.41, 5.74) is 0. The lowest BCUT2D eigenvalue weighted by Crippen LogP contribution is -2.48. The molecule has 2 aromatic rings. The molecule has 150 valence electrons. The number of halogens is 1. The number of nitrogens with one attached hydrogen (secondary N) is 2. The van der Waals surface area contributed by atoms with Crippen LogP contribution in [0.2, 0.25) is 0 Å². The summed E-state index contributed by atoms with van der Waals surface area (Å²) >= 11 is 3.68. The molecule has 7 heteroatoms. The molecule has 2 aromatic heterocycles. The van der Waals surface area contributed by atoms with E-state index in [0.29, 0.717) is 12.0 Å². The first-order valence-corrected chi connectivity index (χ1v) is 11.4. The van der Waals surface area contributed by atoms with Crippen LogP contribution in [-0.2, 0) is 6.42 Å². The van der Waals surface area contributed by atoms with Crippen LogP contribution >= 0.6 is 46.7 Å². The average molecular weight is 519 g/mol. The number of guanidine groups is 1. The van der Waals surface area contributed by atoms with E-state index in [1.54, 1.807) is 0 Å². The molecule has 27 heavy (non-hydrogen) atoms. The smallest absolute Gasteiger partial charge is 0.191 e. The normalized spacial score (nSPS) is 16.7. The molecule has 1 fully saturated rings. The molecule has 1 aliphatic rings. The molecule has 1 atom stereocenters. The standard InChI is InChI=1S/C20H30N4S2.HI/c1-3-21-20(22-15-16(2)14-18-6-4-12-25-18)23-17-8-10-24(11-9-17)19-7-5-13-26-19;/h4-7,12-13,16-17H,3,8-11,14-15H2,1-2H3,(H2,21,22,23);1H. The van der Waals surface area contributed by atoms with Crippen LogP contribution in [0.5, 0.6) is 0 Å². The lowest BCUT2D eigenvalue weighted by molar-refractivity contribution is 0.462. The maximum Gasteiger partial charge on any atom is 0.191 e. The molecular formula is C20H31IN4S2. The van der Waals surface area contributed by atoms with Crippen LogP contribution in [0.25, 0.3) is 0 Å². The van der Waals surface area contributed by atoms with E-state index in [9.17, 15) is 0 Å². The fourth-order valence-corrected chi connectivity index (χ4v) is 4.95. The van der Waals surface area contributed by atoms with Crippen LogP contribution in [0.4, 0.5) is 5.00 Å². The second-order valence-corrected chi connectivity index (χ2v) is 8.92. The highest BCUT2D eigenvalue weighted by Crippen LogP contribution is 2.24. The first kappa shape index (κ1) is 22.5. The van der Waals surface area contributed by atoms with E-state index in [2.05, 4.69) is 64.4 Å². The maximum absolute atomic E-state index is 4.84. The molecule has 1 saturated heterocycles. The third-order valence-electron chi connectivity index (χ3n) is 4.69. The number of hydrogen-bond acceptors (Lipinski definition) is 4. The number of nitrogens with zero attached hydrogens (tertiary/aromatic N) is 2. The van der Waals surface area contributed by atoms with E-state index in [1.807, 2.05) is 22.7 Å². The summed E-state index contributed by atoms with van der Waals surface area (Å²) < 4.78 is 0. The van der Waals surface area contributed by atoms with Crippen LogP contribution in [0.15, 0.2) is 40.0 Å². The number of anilines is 1. The maximum atomic E-state index is 4.84. The average Bonchev–Trinajstić information content (AvgIpc) is 3.34. The lowest BCUT2D eigenvalue weighted by Gasteiger charge is -2.33. The molecular weight excluding hydrogens is 487 g/mol. The van der Waals surface area contributed by atoms with Crippen molar-refractivity contribution in [1.82, 2.24) is 10.6 Å². The molecule has 2 N–H and O–H groups in total. The van der Waals surface area contributed by atoms with E-state index >= 15 is 0 Å². The number of rotatable bonds is 7. The number of thiophene rings is 2. The molecule has 0 aromatic carbocycles. The minimum Gasteiger partial charge on any atom is -0.363 e. The van der Waals surface area contributed by atoms with Gasteiger partial charge in [0.15, 0.2) is 5.96 Å². The van der Waals surface area contributed by atoms with Gasteiger partial charge >= 0.3 is 0 Å². The summed E-state index contributed by atoms with van der Waals surface area (Å²) in [6.07, 6.45) is 3.43. The molecule has 0 amide bonds. The number of aliphatic imine (C=N–C) groups is 1. The summed E-state index contributed by atoms with van der Waals surface area (Å²) in [4.78, 5) is 8.79. The summed E-state index contributed by atoms with van der Waals surface area (Å²) in [5, 5.41) is 12.8. The number of hydrogen-bond donors (Lipinski definition) is 2. The molecule has 1 aliphatic heterocycles. The van der Waals surface area contributed by atoms with Gasteiger partial charge in [0.05, 0.1) is 5.00 Å². The molecule has 1 unspecified atom stereocenters. The van der Waals surface area contributed by atoms with Crippen molar-refractivity contribution in [2.45, 2.75) is 39.2 Å². The Morgan fingerprint density at radius 1 is 1.22 bits per heavy atom. The van der Waals surface area contributed by atoms with Crippen LogP contribution in [0.1, 0.15) is 31.6 Å². The van der Waals surface area contributed by atoms with Gasteiger partial charge in [-0.2, -0.15) is 0 Å². The van der Waals surface area contributed by atoms with Crippen LogP contribution < -0.4 is 15.5 Å². The first-order chi connectivity index (χ1) is 12.7. The fraction of sp³-hybridized carbons (Fsp3) is 0.550. The van der Waals surface area contributed by atoms with E-state index < -0.39 is 0 Å². The Hall–Kier alpha value is -0.800. The van der Waals surface area contributed by atoms with Crippen molar-refractivity contribution in [3.05, 3.63) is 39.9 Å². The zero-order chi connectivity index (χ0) is 18.2. The molecule has 0 radical (unpaired) electrons. The molecule has 0 aliphatic carbocycles. The van der Waals surface area contributed by atoms with Crippen molar-refractivity contribution in [3.8, 4) is 0 Å². The second-order valence-electron chi connectivity index (χ2n) is 6.97. The predicted octanol–water partition coefficient (Wildman–Crippen LogP) is 4.83. The fourth-order valence-electron chi connectivity index (χ4n) is 3.29. The largest absolute Gasteiger partial charge is 0.363 e. The van der Waals surface area contributed by atoms with Gasteiger partial charge in [-0.3, -0.25) is 4.99 Å². The van der Waals surface area contributed by atoms with E-state index in [4.69, 9.17) is 4.99 Å². The Balaban J connectivity index is 0.00000261. The Morgan fingerprint density at radius 2 is 1.96 bits per heavy atom. The van der Waals surface area contributed by atoms with Gasteiger partial charge in [0, 0.05) is 37.1 Å². The summed E-state index contributed by atoms with van der Waals surface area (Å²) in [6.45, 7) is 8.41. The Morgan fingerprint density at radius 3 is 2.59 bits per heavy atom. The number of piperidine rings is 1. The molecule has 3 heterocycles. The minimum absolute atomic E-state index is 0. The van der Waals surface area contributed by atoms with Crippen molar-refractivity contribution in [3.63, 3.8) is 0 Å². The van der Waals surface area contributed by atoms with Gasteiger partial charge in [0.1, 0.15) is 0 Å². The van der Waals surface area contributed by atoms with E-state index in [0.717, 1.165) is 51.4 Å². The topological polar surface area (TPSA) is 39.7 Å². The van der Waals surface area contributed by atoms with Crippen molar-refractivity contribution in [2.75, 3.05) is 31.1 Å². The first-order valence-electron chi connectivity index (χ1n) is 9.60. The van der Waals surface area contributed by atoms with Gasteiger partial charge in [0.2, 0.25) is 0 Å². The monoisotopic (exact) mass is 518 g/mol. The van der Waals surface area contributed by atoms with Crippen LogP contribution in [0, 0.1) is 5.92 Å². The van der Waals surface area contributed by atoms with Gasteiger partial charge in [0.25, 0.3) is 0 Å². The molecule has 0 spiro atoms. The minimum atomic E-state index is 0. The van der Waals surface area contributed by atoms with Gasteiger partial charge in [-0.1, -0.05) is 13.0 Å². The lowest BCUT2D eigenvalue weighted by atomic mass is 10.1. The quantitative estimate of drug-likeness (QED) is 0.314. The molecule has 3 rings (SSSR count). The van der Waals surface area contributed by atoms with Crippen molar-refractivity contribution in [2.24, 2.45) is 10.9 Å². The summed E-state index contributed by atoms with van der Waals surface area (Å²) in [7, 11) is 0. The van der Waals surface area contributed by atoms with Gasteiger partial charge in [-0.15, -0.1) is 46.7 Å². The molecule has 0 saturated carbocycles. The zero-order valence-corrected chi connectivity index (χ0v) is 20.2. The highest BCUT2D eigenvalue weighted by Gasteiger charge is 2.20. The van der Waals surface area contributed by atoms with Gasteiger partial charge in [-0.05, 0) is 61.1 Å². The van der Waals surface area contributed by atoms with Gasteiger partial charge < -0.3 is 15.5 Å². The Bertz CT molecular complexity index is 650. The van der Waals surface area contributed by atoms with Crippen LogP contribution in [-0.4, -0.2) is 38.2 Å². The third-order valence-corrected chi connectivity index (χ3v) is 6.52. The van der Waals surface area contributed by atoms with E-state index in [-0.39, 0.29) is 24.0 Å². The Kier molecular flexibility index (Phi) is 9.92. The molecule has 0 bridgehead atoms. The van der Waals surface area contributed by atoms with Crippen molar-refractivity contribution in [1.29, 1.82) is 0 Å². The Labute approximate surface area is 188 Å². The summed E-state index contributed by atoms with van der Waals surface area (Å²) in [5.74, 6) is 1.53. The molecule has 4 nitrogen and oxygen atoms in total. The van der Waals surface area contributed by atoms with Crippen molar-refractivity contribution < 1.29 is 0 Å².